The van der Waals surface area contributed by atoms with Crippen molar-refractivity contribution in [3.05, 3.63) is 84.3 Å². The first-order valence-corrected chi connectivity index (χ1v) is 14.6. The zero-order valence-corrected chi connectivity index (χ0v) is 27.2. The van der Waals surface area contributed by atoms with E-state index in [1.807, 2.05) is 40.8 Å². The van der Waals surface area contributed by atoms with E-state index in [4.69, 9.17) is 4.98 Å². The number of fused-ring (bicyclic) bond motifs is 5. The molecule has 3 heterocycles. The van der Waals surface area contributed by atoms with Gasteiger partial charge in [-0.2, -0.15) is 0 Å². The van der Waals surface area contributed by atoms with Gasteiger partial charge in [0.2, 0.25) is 0 Å². The van der Waals surface area contributed by atoms with Crippen molar-refractivity contribution in [2.24, 2.45) is 11.3 Å². The van der Waals surface area contributed by atoms with Crippen LogP contribution in [0.2, 0.25) is 0 Å². The molecule has 0 aliphatic heterocycles. The average molecular weight is 724 g/mol. The Morgan fingerprint density at radius 1 is 1.00 bits per heavy atom. The van der Waals surface area contributed by atoms with Gasteiger partial charge in [-0.25, -0.2) is 0 Å². The summed E-state index contributed by atoms with van der Waals surface area (Å²) in [7, 11) is 0. The molecule has 5 heteroatoms. The normalized spacial score (nSPS) is 12.4. The molecule has 3 aromatic heterocycles. The fourth-order valence-corrected chi connectivity index (χ4v) is 5.91. The predicted molar refractivity (Wildman–Crippen MR) is 168 cm³/mol. The third kappa shape index (κ3) is 5.26. The second kappa shape index (κ2) is 12.3. The summed E-state index contributed by atoms with van der Waals surface area (Å²) >= 11 is 0. The third-order valence-corrected chi connectivity index (χ3v) is 8.92. The number of allylic oxidation sites excluding steroid dienone is 2. The number of rotatable bonds is 7. The number of para-hydroxylation sites is 1. The maximum absolute atomic E-state index is 12.0. The number of ketones is 1. The van der Waals surface area contributed by atoms with Crippen molar-refractivity contribution in [2.45, 2.75) is 67.2 Å². The molecule has 0 atom stereocenters. The Balaban J connectivity index is 0.000000203. The molecule has 3 aromatic carbocycles. The number of aliphatic hydroxyl groups excluding tert-OH is 1. The molecule has 0 aliphatic rings. The number of aryl methyl sites for hydroxylation is 1. The number of aromatic nitrogens is 2. The molecule has 0 fully saturated rings. The molecule has 6 aromatic rings. The van der Waals surface area contributed by atoms with Gasteiger partial charge in [0, 0.05) is 54.7 Å². The molecule has 0 bridgehead atoms. The van der Waals surface area contributed by atoms with E-state index >= 15 is 0 Å². The van der Waals surface area contributed by atoms with Crippen molar-refractivity contribution >= 4 is 54.8 Å². The van der Waals surface area contributed by atoms with E-state index < -0.39 is 0 Å². The van der Waals surface area contributed by atoms with Crippen LogP contribution in [0.5, 0.6) is 0 Å². The molecule has 6 rings (SSSR count). The Labute approximate surface area is 256 Å². The monoisotopic (exact) mass is 724 g/mol. The molecule has 41 heavy (non-hydrogen) atoms. The standard InChI is InChI=1S/C22H13N2.C14H26O2.Ir/c1-13-11-16-15-6-2-3-7-18(15)24-19-8-4-5-14-9-10-23-21(20(14)19)17(12-13)22(16)24;1-6-11(7-2)12(15)10-13(16)14(5,8-3)9-4;/h2-11H,1H3;10-11,15H,6-9H2,1-5H3;/q-1;;/b;12-10-;. The fraction of sp³-hybridized carbons (Fsp3) is 0.333. The van der Waals surface area contributed by atoms with Crippen molar-refractivity contribution in [3.63, 3.8) is 0 Å². The van der Waals surface area contributed by atoms with Gasteiger partial charge in [-0.3, -0.25) is 4.79 Å². The van der Waals surface area contributed by atoms with E-state index in [0.717, 1.165) is 42.1 Å². The summed E-state index contributed by atoms with van der Waals surface area (Å²) in [5.74, 6) is 0.437. The number of carbonyl (C=O) groups excluding carboxylic acids is 1. The SMILES string of the molecule is CCC(CC)/C(O)=C/C(=O)C(C)(CC)CC.Cc1[c-]c2c3nccc4cccc(c43)n3c4ccccc4c(c1)c23.[Ir]. The van der Waals surface area contributed by atoms with Crippen LogP contribution >= 0.6 is 0 Å². The minimum absolute atomic E-state index is 0. The zero-order valence-electron chi connectivity index (χ0n) is 24.8. The third-order valence-electron chi connectivity index (χ3n) is 8.92. The largest absolute Gasteiger partial charge is 0.512 e. The Kier molecular flexibility index (Phi) is 9.21. The first-order valence-electron chi connectivity index (χ1n) is 14.6. The van der Waals surface area contributed by atoms with Crippen LogP contribution in [0.25, 0.3) is 49.0 Å². The summed E-state index contributed by atoms with van der Waals surface area (Å²) < 4.78 is 2.38. The number of hydrogen-bond donors (Lipinski definition) is 1. The molecule has 0 aliphatic carbocycles. The van der Waals surface area contributed by atoms with Crippen LogP contribution in [-0.4, -0.2) is 20.3 Å². The van der Waals surface area contributed by atoms with Crippen LogP contribution in [0.3, 0.4) is 0 Å². The second-order valence-electron chi connectivity index (χ2n) is 11.2. The van der Waals surface area contributed by atoms with E-state index in [2.05, 4.69) is 72.0 Å². The number of aliphatic hydroxyl groups is 1. The average Bonchev–Trinajstić information content (AvgIpc) is 3.30. The number of pyridine rings is 2. The van der Waals surface area contributed by atoms with Gasteiger partial charge in [0.15, 0.2) is 5.78 Å². The van der Waals surface area contributed by atoms with Crippen molar-refractivity contribution in [3.8, 4) is 0 Å². The van der Waals surface area contributed by atoms with E-state index in [9.17, 15) is 9.90 Å². The molecule has 1 radical (unpaired) electrons. The molecule has 215 valence electrons. The van der Waals surface area contributed by atoms with E-state index in [1.165, 1.54) is 44.2 Å². The predicted octanol–water partition coefficient (Wildman–Crippen LogP) is 9.75. The summed E-state index contributed by atoms with van der Waals surface area (Å²) in [6, 6.07) is 23.0. The van der Waals surface area contributed by atoms with Crippen molar-refractivity contribution in [1.82, 2.24) is 9.38 Å². The van der Waals surface area contributed by atoms with Gasteiger partial charge < -0.3 is 14.5 Å². The molecule has 1 N–H and O–H groups in total. The minimum Gasteiger partial charge on any atom is -0.512 e. The molecule has 0 saturated carbocycles. The van der Waals surface area contributed by atoms with Crippen LogP contribution < -0.4 is 0 Å². The van der Waals surface area contributed by atoms with Gasteiger partial charge in [0.05, 0.1) is 5.76 Å². The Bertz CT molecular complexity index is 1850. The minimum atomic E-state index is -0.319. The number of hydrogen-bond acceptors (Lipinski definition) is 3. The van der Waals surface area contributed by atoms with Crippen LogP contribution in [0.1, 0.15) is 65.9 Å². The van der Waals surface area contributed by atoms with Crippen LogP contribution in [0, 0.1) is 24.3 Å². The maximum atomic E-state index is 12.0. The molecular formula is C36H39IrN2O2-. The van der Waals surface area contributed by atoms with Crippen LogP contribution in [-0.2, 0) is 24.9 Å². The summed E-state index contributed by atoms with van der Waals surface area (Å²) in [4.78, 5) is 16.8. The number of nitrogens with zero attached hydrogens (tertiary/aromatic N) is 2. The summed E-state index contributed by atoms with van der Waals surface area (Å²) in [6.45, 7) is 12.2. The van der Waals surface area contributed by atoms with E-state index in [1.54, 1.807) is 0 Å². The topological polar surface area (TPSA) is 54.6 Å². The summed E-state index contributed by atoms with van der Waals surface area (Å²) in [5.41, 5.74) is 5.56. The molecule has 0 unspecified atom stereocenters. The van der Waals surface area contributed by atoms with E-state index in [-0.39, 0.29) is 43.0 Å². The molecule has 0 spiro atoms. The zero-order chi connectivity index (χ0) is 28.6. The van der Waals surface area contributed by atoms with Gasteiger partial charge in [-0.1, -0.05) is 82.6 Å². The van der Waals surface area contributed by atoms with Crippen molar-refractivity contribution < 1.29 is 30.0 Å². The van der Waals surface area contributed by atoms with Crippen LogP contribution in [0.15, 0.2) is 72.6 Å². The van der Waals surface area contributed by atoms with E-state index in [0.29, 0.717) is 0 Å². The number of benzene rings is 3. The smallest absolute Gasteiger partial charge is 0.164 e. The van der Waals surface area contributed by atoms with Gasteiger partial charge >= 0.3 is 0 Å². The molecule has 4 nitrogen and oxygen atoms in total. The maximum Gasteiger partial charge on any atom is 0.164 e. The second-order valence-corrected chi connectivity index (χ2v) is 11.2. The fourth-order valence-electron chi connectivity index (χ4n) is 5.91. The Morgan fingerprint density at radius 2 is 1.68 bits per heavy atom. The first-order chi connectivity index (χ1) is 19.3. The van der Waals surface area contributed by atoms with Gasteiger partial charge in [-0.15, -0.1) is 17.7 Å². The van der Waals surface area contributed by atoms with Gasteiger partial charge in [0.25, 0.3) is 0 Å². The molecular weight excluding hydrogens is 685 g/mol. The number of carbonyl (C=O) groups is 1. The molecule has 0 saturated heterocycles. The summed E-state index contributed by atoms with van der Waals surface area (Å²) in [5, 5.41) is 16.0. The first kappa shape index (κ1) is 30.7. The van der Waals surface area contributed by atoms with Gasteiger partial charge in [-0.05, 0) is 71.1 Å². The van der Waals surface area contributed by atoms with Crippen LogP contribution in [0.4, 0.5) is 0 Å². The Hall–Kier alpha value is -3.27. The molecule has 0 amide bonds. The van der Waals surface area contributed by atoms with Crippen molar-refractivity contribution in [2.75, 3.05) is 0 Å². The van der Waals surface area contributed by atoms with Gasteiger partial charge in [0.1, 0.15) is 0 Å². The summed E-state index contributed by atoms with van der Waals surface area (Å²) in [6.07, 6.45) is 6.73. The Morgan fingerprint density at radius 3 is 2.37 bits per heavy atom. The quantitative estimate of drug-likeness (QED) is 0.0587. The van der Waals surface area contributed by atoms with Crippen molar-refractivity contribution in [1.29, 1.82) is 0 Å².